The summed E-state index contributed by atoms with van der Waals surface area (Å²) in [5, 5.41) is 4.37. The summed E-state index contributed by atoms with van der Waals surface area (Å²) in [6.45, 7) is 6.26. The Labute approximate surface area is 102 Å². The molecule has 1 aliphatic rings. The Balaban J connectivity index is 2.02. The van der Waals surface area contributed by atoms with E-state index in [9.17, 15) is 0 Å². The van der Waals surface area contributed by atoms with Crippen molar-refractivity contribution in [2.75, 3.05) is 18.9 Å². The van der Waals surface area contributed by atoms with Crippen LogP contribution < -0.4 is 10.5 Å². The molecule has 1 aliphatic heterocycles. The van der Waals surface area contributed by atoms with Crippen molar-refractivity contribution in [1.82, 2.24) is 9.78 Å². The van der Waals surface area contributed by atoms with E-state index in [1.165, 1.54) is 0 Å². The SMILES string of the molecule is CCCn1nc(C)c(N)c1OCC1CCCO1. The standard InChI is InChI=1S/C12H21N3O2/c1-3-6-15-12(11(13)9(2)14-15)17-8-10-5-4-7-16-10/h10H,3-8,13H2,1-2H3. The van der Waals surface area contributed by atoms with Gasteiger partial charge in [-0.15, -0.1) is 0 Å². The van der Waals surface area contributed by atoms with Gasteiger partial charge in [-0.2, -0.15) is 5.10 Å². The summed E-state index contributed by atoms with van der Waals surface area (Å²) >= 11 is 0. The Morgan fingerprint density at radius 2 is 2.41 bits per heavy atom. The number of hydrogen-bond donors (Lipinski definition) is 1. The summed E-state index contributed by atoms with van der Waals surface area (Å²) in [5.41, 5.74) is 7.45. The van der Waals surface area contributed by atoms with Gasteiger partial charge in [-0.3, -0.25) is 0 Å². The molecule has 1 saturated heterocycles. The monoisotopic (exact) mass is 239 g/mol. The van der Waals surface area contributed by atoms with Crippen LogP contribution in [0.5, 0.6) is 5.88 Å². The zero-order valence-electron chi connectivity index (χ0n) is 10.6. The Hall–Kier alpha value is -1.23. The van der Waals surface area contributed by atoms with Crippen LogP contribution in [0.15, 0.2) is 0 Å². The van der Waals surface area contributed by atoms with Crippen molar-refractivity contribution in [3.05, 3.63) is 5.69 Å². The van der Waals surface area contributed by atoms with Gasteiger partial charge in [0.1, 0.15) is 12.3 Å². The number of nitrogens with zero attached hydrogens (tertiary/aromatic N) is 2. The number of aromatic nitrogens is 2. The average Bonchev–Trinajstić information content (AvgIpc) is 2.89. The fraction of sp³-hybridized carbons (Fsp3) is 0.750. The summed E-state index contributed by atoms with van der Waals surface area (Å²) in [7, 11) is 0. The zero-order valence-corrected chi connectivity index (χ0v) is 10.6. The molecule has 1 aromatic heterocycles. The molecule has 0 radical (unpaired) electrons. The highest BCUT2D eigenvalue weighted by atomic mass is 16.5. The molecule has 96 valence electrons. The van der Waals surface area contributed by atoms with Crippen molar-refractivity contribution in [3.63, 3.8) is 0 Å². The summed E-state index contributed by atoms with van der Waals surface area (Å²) in [6, 6.07) is 0. The largest absolute Gasteiger partial charge is 0.474 e. The lowest BCUT2D eigenvalue weighted by Gasteiger charge is -2.13. The molecule has 0 aliphatic carbocycles. The van der Waals surface area contributed by atoms with Crippen molar-refractivity contribution in [1.29, 1.82) is 0 Å². The Morgan fingerprint density at radius 1 is 1.59 bits per heavy atom. The smallest absolute Gasteiger partial charge is 0.236 e. The van der Waals surface area contributed by atoms with Gasteiger partial charge in [-0.25, -0.2) is 4.68 Å². The van der Waals surface area contributed by atoms with Gasteiger partial charge in [0, 0.05) is 13.2 Å². The molecule has 17 heavy (non-hydrogen) atoms. The Morgan fingerprint density at radius 3 is 3.06 bits per heavy atom. The van der Waals surface area contributed by atoms with Crippen LogP contribution in [-0.4, -0.2) is 29.1 Å². The van der Waals surface area contributed by atoms with Gasteiger partial charge in [0.2, 0.25) is 5.88 Å². The zero-order chi connectivity index (χ0) is 12.3. The van der Waals surface area contributed by atoms with Crippen LogP contribution in [0.3, 0.4) is 0 Å². The highest BCUT2D eigenvalue weighted by Gasteiger charge is 2.19. The molecule has 5 heteroatoms. The van der Waals surface area contributed by atoms with Crippen LogP contribution in [0.25, 0.3) is 0 Å². The van der Waals surface area contributed by atoms with Gasteiger partial charge in [0.05, 0.1) is 11.8 Å². The van der Waals surface area contributed by atoms with E-state index < -0.39 is 0 Å². The molecule has 2 rings (SSSR count). The highest BCUT2D eigenvalue weighted by Crippen LogP contribution is 2.26. The molecule has 1 unspecified atom stereocenters. The maximum absolute atomic E-state index is 5.97. The quantitative estimate of drug-likeness (QED) is 0.850. The summed E-state index contributed by atoms with van der Waals surface area (Å²) in [4.78, 5) is 0. The Kier molecular flexibility index (Phi) is 3.89. The third-order valence-corrected chi connectivity index (χ3v) is 2.99. The topological polar surface area (TPSA) is 62.3 Å². The summed E-state index contributed by atoms with van der Waals surface area (Å²) in [5.74, 6) is 0.694. The Bertz CT molecular complexity index is 370. The van der Waals surface area contributed by atoms with E-state index in [4.69, 9.17) is 15.2 Å². The first-order chi connectivity index (χ1) is 8.22. The van der Waals surface area contributed by atoms with Crippen molar-refractivity contribution < 1.29 is 9.47 Å². The van der Waals surface area contributed by atoms with Gasteiger partial charge >= 0.3 is 0 Å². The maximum atomic E-state index is 5.97. The van der Waals surface area contributed by atoms with E-state index >= 15 is 0 Å². The van der Waals surface area contributed by atoms with E-state index in [0.717, 1.165) is 38.1 Å². The van der Waals surface area contributed by atoms with Crippen LogP contribution >= 0.6 is 0 Å². The van der Waals surface area contributed by atoms with E-state index in [1.807, 2.05) is 11.6 Å². The third-order valence-electron chi connectivity index (χ3n) is 2.99. The van der Waals surface area contributed by atoms with E-state index in [2.05, 4.69) is 12.0 Å². The maximum Gasteiger partial charge on any atom is 0.236 e. The van der Waals surface area contributed by atoms with Crippen molar-refractivity contribution in [3.8, 4) is 5.88 Å². The predicted octanol–water partition coefficient (Wildman–Crippen LogP) is 1.74. The van der Waals surface area contributed by atoms with Gasteiger partial charge in [0.15, 0.2) is 0 Å². The number of aryl methyl sites for hydroxylation is 2. The fourth-order valence-electron chi connectivity index (χ4n) is 2.04. The van der Waals surface area contributed by atoms with Crippen LogP contribution in [0.1, 0.15) is 31.9 Å². The molecule has 1 fully saturated rings. The van der Waals surface area contributed by atoms with Gasteiger partial charge < -0.3 is 15.2 Å². The molecule has 0 bridgehead atoms. The first-order valence-electron chi connectivity index (χ1n) is 6.29. The fourth-order valence-corrected chi connectivity index (χ4v) is 2.04. The third kappa shape index (κ3) is 2.72. The number of nitrogens with two attached hydrogens (primary N) is 1. The molecular formula is C12H21N3O2. The second-order valence-corrected chi connectivity index (χ2v) is 4.47. The van der Waals surface area contributed by atoms with Gasteiger partial charge in [-0.1, -0.05) is 6.92 Å². The predicted molar refractivity (Wildman–Crippen MR) is 66.1 cm³/mol. The second-order valence-electron chi connectivity index (χ2n) is 4.47. The number of anilines is 1. The molecule has 0 spiro atoms. The number of hydrogen-bond acceptors (Lipinski definition) is 4. The molecule has 0 amide bonds. The van der Waals surface area contributed by atoms with Crippen LogP contribution in [-0.2, 0) is 11.3 Å². The molecule has 1 aromatic rings. The molecule has 0 saturated carbocycles. The van der Waals surface area contributed by atoms with E-state index in [0.29, 0.717) is 18.2 Å². The minimum atomic E-state index is 0.208. The van der Waals surface area contributed by atoms with Gasteiger partial charge in [0.25, 0.3) is 0 Å². The molecule has 0 aromatic carbocycles. The van der Waals surface area contributed by atoms with Crippen LogP contribution in [0, 0.1) is 6.92 Å². The van der Waals surface area contributed by atoms with Crippen LogP contribution in [0.2, 0.25) is 0 Å². The van der Waals surface area contributed by atoms with Crippen LogP contribution in [0.4, 0.5) is 5.69 Å². The minimum Gasteiger partial charge on any atom is -0.474 e. The van der Waals surface area contributed by atoms with E-state index in [1.54, 1.807) is 0 Å². The van der Waals surface area contributed by atoms with E-state index in [-0.39, 0.29) is 6.10 Å². The molecule has 2 heterocycles. The number of nitrogen functional groups attached to an aromatic ring is 1. The lowest BCUT2D eigenvalue weighted by molar-refractivity contribution is 0.0646. The van der Waals surface area contributed by atoms with Crippen molar-refractivity contribution >= 4 is 5.69 Å². The summed E-state index contributed by atoms with van der Waals surface area (Å²) < 4.78 is 13.1. The number of rotatable bonds is 5. The average molecular weight is 239 g/mol. The van der Waals surface area contributed by atoms with Crippen molar-refractivity contribution in [2.45, 2.75) is 45.8 Å². The van der Waals surface area contributed by atoms with Gasteiger partial charge in [-0.05, 0) is 26.2 Å². The first kappa shape index (κ1) is 12.2. The molecular weight excluding hydrogens is 218 g/mol. The minimum absolute atomic E-state index is 0.208. The van der Waals surface area contributed by atoms with Crippen molar-refractivity contribution in [2.24, 2.45) is 0 Å². The lowest BCUT2D eigenvalue weighted by Crippen LogP contribution is -2.18. The first-order valence-corrected chi connectivity index (χ1v) is 6.29. The molecule has 1 atom stereocenters. The molecule has 2 N–H and O–H groups in total. The second kappa shape index (κ2) is 5.40. The molecule has 5 nitrogen and oxygen atoms in total. The highest BCUT2D eigenvalue weighted by molar-refractivity contribution is 5.52. The lowest BCUT2D eigenvalue weighted by atomic mass is 10.2. The number of ether oxygens (including phenoxy) is 2. The normalized spacial score (nSPS) is 19.8. The summed E-state index contributed by atoms with van der Waals surface area (Å²) in [6.07, 6.45) is 3.41.